The fourth-order valence-electron chi connectivity index (χ4n) is 3.27. The number of likely N-dealkylation sites (N-methyl/N-ethyl adjacent to an activating group) is 2. The van der Waals surface area contributed by atoms with Gasteiger partial charge in [-0.05, 0) is 52.2 Å². The van der Waals surface area contributed by atoms with Crippen molar-refractivity contribution in [3.8, 4) is 0 Å². The Labute approximate surface area is 118 Å². The summed E-state index contributed by atoms with van der Waals surface area (Å²) in [6.07, 6.45) is 4.76. The lowest BCUT2D eigenvalue weighted by Gasteiger charge is -2.35. The molecule has 1 aliphatic carbocycles. The van der Waals surface area contributed by atoms with Crippen molar-refractivity contribution in [2.45, 2.75) is 45.1 Å². The minimum absolute atomic E-state index is 0.0183. The van der Waals surface area contributed by atoms with Crippen molar-refractivity contribution < 1.29 is 9.84 Å². The summed E-state index contributed by atoms with van der Waals surface area (Å²) >= 11 is 0. The fraction of sp³-hybridized carbons (Fsp3) is 1.00. The Morgan fingerprint density at radius 3 is 2.79 bits per heavy atom. The van der Waals surface area contributed by atoms with Gasteiger partial charge in [0.25, 0.3) is 0 Å². The maximum Gasteiger partial charge on any atom is 0.0616 e. The molecule has 4 nitrogen and oxygen atoms in total. The van der Waals surface area contributed by atoms with E-state index < -0.39 is 0 Å². The van der Waals surface area contributed by atoms with Crippen LogP contribution in [0, 0.1) is 5.92 Å². The minimum atomic E-state index is -0.0183. The second-order valence-corrected chi connectivity index (χ2v) is 5.72. The van der Waals surface area contributed by atoms with Crippen LogP contribution in [0.3, 0.4) is 0 Å². The normalized spacial score (nSPS) is 27.3. The van der Waals surface area contributed by atoms with Crippen molar-refractivity contribution in [2.75, 3.05) is 46.5 Å². The number of hydrogen-bond donors (Lipinski definition) is 2. The molecule has 1 rings (SSSR count). The van der Waals surface area contributed by atoms with Gasteiger partial charge in [0, 0.05) is 18.7 Å². The van der Waals surface area contributed by atoms with Crippen LogP contribution in [0.1, 0.15) is 39.5 Å². The molecule has 0 amide bonds. The van der Waals surface area contributed by atoms with Gasteiger partial charge in [-0.1, -0.05) is 13.3 Å². The van der Waals surface area contributed by atoms with Gasteiger partial charge in [-0.2, -0.15) is 0 Å². The zero-order valence-electron chi connectivity index (χ0n) is 13.0. The first-order chi connectivity index (χ1) is 9.18. The lowest BCUT2D eigenvalue weighted by molar-refractivity contribution is 0.102. The molecule has 0 radical (unpaired) electrons. The largest absolute Gasteiger partial charge is 0.394 e. The number of nitrogens with zero attached hydrogens (tertiary/aromatic N) is 1. The summed E-state index contributed by atoms with van der Waals surface area (Å²) in [4.78, 5) is 2.34. The van der Waals surface area contributed by atoms with E-state index in [0.29, 0.717) is 5.92 Å². The Morgan fingerprint density at radius 1 is 1.37 bits per heavy atom. The van der Waals surface area contributed by atoms with Crippen molar-refractivity contribution >= 4 is 0 Å². The van der Waals surface area contributed by atoms with Gasteiger partial charge in [-0.3, -0.25) is 0 Å². The van der Waals surface area contributed by atoms with E-state index in [4.69, 9.17) is 4.74 Å². The Bertz CT molecular complexity index is 238. The van der Waals surface area contributed by atoms with Crippen molar-refractivity contribution in [3.63, 3.8) is 0 Å². The zero-order valence-corrected chi connectivity index (χ0v) is 13.0. The average molecular weight is 272 g/mol. The average Bonchev–Trinajstić information content (AvgIpc) is 2.80. The summed E-state index contributed by atoms with van der Waals surface area (Å²) in [6.45, 7) is 9.07. The molecule has 1 aliphatic rings. The minimum Gasteiger partial charge on any atom is -0.394 e. The lowest BCUT2D eigenvalue weighted by Crippen LogP contribution is -2.51. The summed E-state index contributed by atoms with van der Waals surface area (Å²) in [5.41, 5.74) is -0.0183. The molecule has 0 bridgehead atoms. The van der Waals surface area contributed by atoms with Crippen LogP contribution in [0.5, 0.6) is 0 Å². The molecule has 0 aliphatic heterocycles. The van der Waals surface area contributed by atoms with E-state index in [0.717, 1.165) is 45.7 Å². The standard InChI is InChI=1S/C15H32N2O2/c1-4-16-15(13-18)9-6-7-14(15)8-10-17(3)11-12-19-5-2/h14,16,18H,4-13H2,1-3H3. The van der Waals surface area contributed by atoms with Crippen LogP contribution in [-0.4, -0.2) is 62.0 Å². The van der Waals surface area contributed by atoms with E-state index in [9.17, 15) is 5.11 Å². The topological polar surface area (TPSA) is 44.7 Å². The Hall–Kier alpha value is -0.160. The molecule has 0 heterocycles. The molecular weight excluding hydrogens is 240 g/mol. The number of hydrogen-bond acceptors (Lipinski definition) is 4. The Kier molecular flexibility index (Phi) is 7.91. The number of rotatable bonds is 10. The van der Waals surface area contributed by atoms with Crippen molar-refractivity contribution in [1.29, 1.82) is 0 Å². The number of aliphatic hydroxyl groups is 1. The van der Waals surface area contributed by atoms with Crippen molar-refractivity contribution in [3.05, 3.63) is 0 Å². The molecule has 114 valence electrons. The van der Waals surface area contributed by atoms with Gasteiger partial charge in [0.2, 0.25) is 0 Å². The van der Waals surface area contributed by atoms with E-state index in [-0.39, 0.29) is 12.1 Å². The molecule has 1 saturated carbocycles. The van der Waals surface area contributed by atoms with Gasteiger partial charge >= 0.3 is 0 Å². The molecule has 19 heavy (non-hydrogen) atoms. The van der Waals surface area contributed by atoms with Crippen molar-refractivity contribution in [2.24, 2.45) is 5.92 Å². The molecule has 0 aromatic heterocycles. The van der Waals surface area contributed by atoms with Gasteiger partial charge in [0.05, 0.1) is 13.2 Å². The lowest BCUT2D eigenvalue weighted by atomic mass is 9.85. The summed E-state index contributed by atoms with van der Waals surface area (Å²) in [7, 11) is 2.15. The van der Waals surface area contributed by atoms with Crippen LogP contribution in [0.4, 0.5) is 0 Å². The number of ether oxygens (including phenoxy) is 1. The molecule has 0 aromatic carbocycles. The first-order valence-electron chi connectivity index (χ1n) is 7.80. The highest BCUT2D eigenvalue weighted by Gasteiger charge is 2.41. The van der Waals surface area contributed by atoms with Crippen LogP contribution in [0.15, 0.2) is 0 Å². The third-order valence-electron chi connectivity index (χ3n) is 4.45. The number of aliphatic hydroxyl groups excluding tert-OH is 1. The monoisotopic (exact) mass is 272 g/mol. The smallest absolute Gasteiger partial charge is 0.0616 e. The summed E-state index contributed by atoms with van der Waals surface area (Å²) < 4.78 is 5.38. The number of nitrogens with one attached hydrogen (secondary N) is 1. The van der Waals surface area contributed by atoms with Gasteiger partial charge in [-0.25, -0.2) is 0 Å². The second-order valence-electron chi connectivity index (χ2n) is 5.72. The second kappa shape index (κ2) is 8.90. The Balaban J connectivity index is 2.34. The maximum absolute atomic E-state index is 9.76. The summed E-state index contributed by atoms with van der Waals surface area (Å²) in [5, 5.41) is 13.3. The summed E-state index contributed by atoms with van der Waals surface area (Å²) in [6, 6.07) is 0. The molecule has 2 atom stereocenters. The van der Waals surface area contributed by atoms with E-state index in [2.05, 4.69) is 24.2 Å². The van der Waals surface area contributed by atoms with Gasteiger partial charge in [0.15, 0.2) is 0 Å². The Morgan fingerprint density at radius 2 is 2.16 bits per heavy atom. The molecule has 2 N–H and O–H groups in total. The third kappa shape index (κ3) is 5.03. The zero-order chi connectivity index (χ0) is 14.1. The molecule has 0 spiro atoms. The first kappa shape index (κ1) is 16.9. The maximum atomic E-state index is 9.76. The van der Waals surface area contributed by atoms with E-state index in [1.54, 1.807) is 0 Å². The molecular formula is C15H32N2O2. The molecule has 0 aromatic rings. The summed E-state index contributed by atoms with van der Waals surface area (Å²) in [5.74, 6) is 0.604. The quantitative estimate of drug-likeness (QED) is 0.591. The molecule has 0 saturated heterocycles. The van der Waals surface area contributed by atoms with E-state index >= 15 is 0 Å². The van der Waals surface area contributed by atoms with E-state index in [1.807, 2.05) is 6.92 Å². The molecule has 4 heteroatoms. The van der Waals surface area contributed by atoms with Crippen LogP contribution >= 0.6 is 0 Å². The van der Waals surface area contributed by atoms with Crippen LogP contribution in [0.2, 0.25) is 0 Å². The highest BCUT2D eigenvalue weighted by Crippen LogP contribution is 2.37. The van der Waals surface area contributed by atoms with Gasteiger partial charge in [-0.15, -0.1) is 0 Å². The van der Waals surface area contributed by atoms with Crippen molar-refractivity contribution in [1.82, 2.24) is 10.2 Å². The molecule has 1 fully saturated rings. The van der Waals surface area contributed by atoms with Crippen LogP contribution in [0.25, 0.3) is 0 Å². The highest BCUT2D eigenvalue weighted by molar-refractivity contribution is 4.98. The third-order valence-corrected chi connectivity index (χ3v) is 4.45. The van der Waals surface area contributed by atoms with Crippen LogP contribution < -0.4 is 5.32 Å². The van der Waals surface area contributed by atoms with Crippen LogP contribution in [-0.2, 0) is 4.74 Å². The molecule has 2 unspecified atom stereocenters. The SMILES string of the molecule is CCNC1(CO)CCCC1CCN(C)CCOCC. The van der Waals surface area contributed by atoms with E-state index in [1.165, 1.54) is 12.8 Å². The van der Waals surface area contributed by atoms with Gasteiger partial charge < -0.3 is 20.1 Å². The predicted octanol–water partition coefficient (Wildman–Crippen LogP) is 1.49. The first-order valence-corrected chi connectivity index (χ1v) is 7.80. The van der Waals surface area contributed by atoms with Gasteiger partial charge in [0.1, 0.15) is 0 Å². The fourth-order valence-corrected chi connectivity index (χ4v) is 3.27. The highest BCUT2D eigenvalue weighted by atomic mass is 16.5. The predicted molar refractivity (Wildman–Crippen MR) is 79.4 cm³/mol.